The highest BCUT2D eigenvalue weighted by molar-refractivity contribution is 8.00. The first-order valence-corrected chi connectivity index (χ1v) is 6.25. The number of tetrazole rings is 1. The van der Waals surface area contributed by atoms with E-state index in [1.807, 2.05) is 0 Å². The van der Waals surface area contributed by atoms with E-state index in [1.165, 1.54) is 4.68 Å². The lowest BCUT2D eigenvalue weighted by Crippen LogP contribution is -2.16. The molecule has 0 bridgehead atoms. The molecular weight excluding hydrogens is 274 g/mol. The number of thioether (sulfide) groups is 1. The van der Waals surface area contributed by atoms with Gasteiger partial charge in [0.15, 0.2) is 5.78 Å². The van der Waals surface area contributed by atoms with Crippen molar-refractivity contribution in [1.29, 1.82) is 0 Å². The number of halogens is 2. The van der Waals surface area contributed by atoms with Gasteiger partial charge in [0.05, 0.1) is 10.8 Å². The van der Waals surface area contributed by atoms with Crippen molar-refractivity contribution in [2.45, 2.75) is 17.3 Å². The molecule has 0 aliphatic rings. The Morgan fingerprint density at radius 2 is 2.16 bits per heavy atom. The van der Waals surface area contributed by atoms with Gasteiger partial charge in [0.1, 0.15) is 11.6 Å². The van der Waals surface area contributed by atoms with E-state index in [0.717, 1.165) is 23.9 Å². The highest BCUT2D eigenvalue weighted by Gasteiger charge is 2.22. The number of hydrogen-bond donors (Lipinski definition) is 0. The number of carbonyl (C=O) groups is 1. The molecule has 100 valence electrons. The third-order valence-electron chi connectivity index (χ3n) is 2.43. The quantitative estimate of drug-likeness (QED) is 0.633. The minimum Gasteiger partial charge on any atom is -0.293 e. The Bertz CT molecular complexity index is 616. The third-order valence-corrected chi connectivity index (χ3v) is 3.55. The zero-order valence-electron chi connectivity index (χ0n) is 10.2. The van der Waals surface area contributed by atoms with Crippen molar-refractivity contribution in [3.05, 3.63) is 35.4 Å². The van der Waals surface area contributed by atoms with Crippen LogP contribution < -0.4 is 0 Å². The fraction of sp³-hybridized carbons (Fsp3) is 0.273. The number of benzene rings is 1. The maximum atomic E-state index is 13.5. The molecule has 0 N–H and O–H groups in total. The molecule has 0 aliphatic heterocycles. The number of carbonyl (C=O) groups excluding carboxylic acids is 1. The number of nitrogens with zero attached hydrogens (tertiary/aromatic N) is 4. The summed E-state index contributed by atoms with van der Waals surface area (Å²) in [7, 11) is 1.64. The van der Waals surface area contributed by atoms with Crippen molar-refractivity contribution in [2.75, 3.05) is 0 Å². The van der Waals surface area contributed by atoms with Gasteiger partial charge in [0.2, 0.25) is 5.16 Å². The summed E-state index contributed by atoms with van der Waals surface area (Å²) >= 11 is 1.11. The minimum absolute atomic E-state index is 0.142. The molecule has 1 unspecified atom stereocenters. The van der Waals surface area contributed by atoms with Gasteiger partial charge in [-0.15, -0.1) is 5.10 Å². The Balaban J connectivity index is 2.17. The Kier molecular flexibility index (Phi) is 3.89. The third kappa shape index (κ3) is 2.95. The minimum atomic E-state index is -0.867. The van der Waals surface area contributed by atoms with E-state index in [4.69, 9.17) is 0 Å². The second kappa shape index (κ2) is 5.43. The summed E-state index contributed by atoms with van der Waals surface area (Å²) in [6.07, 6.45) is 0. The summed E-state index contributed by atoms with van der Waals surface area (Å²) in [4.78, 5) is 12.1. The molecule has 0 saturated carbocycles. The Labute approximate surface area is 112 Å². The first kappa shape index (κ1) is 13.6. The van der Waals surface area contributed by atoms with Gasteiger partial charge in [0.25, 0.3) is 0 Å². The number of aryl methyl sites for hydroxylation is 1. The predicted octanol–water partition coefficient (Wildman–Crippen LogP) is 1.85. The molecule has 2 rings (SSSR count). The molecule has 0 spiro atoms. The van der Waals surface area contributed by atoms with Crippen LogP contribution in [0.2, 0.25) is 0 Å². The fourth-order valence-corrected chi connectivity index (χ4v) is 2.26. The van der Waals surface area contributed by atoms with Gasteiger partial charge < -0.3 is 0 Å². The second-order valence-corrected chi connectivity index (χ2v) is 5.14. The van der Waals surface area contributed by atoms with Crippen molar-refractivity contribution < 1.29 is 13.6 Å². The van der Waals surface area contributed by atoms with Gasteiger partial charge in [-0.25, -0.2) is 13.5 Å². The van der Waals surface area contributed by atoms with E-state index in [0.29, 0.717) is 11.2 Å². The van der Waals surface area contributed by atoms with Gasteiger partial charge >= 0.3 is 0 Å². The number of ketones is 1. The number of hydrogen-bond acceptors (Lipinski definition) is 5. The van der Waals surface area contributed by atoms with E-state index < -0.39 is 22.7 Å². The van der Waals surface area contributed by atoms with Crippen molar-refractivity contribution in [3.8, 4) is 0 Å². The molecule has 0 aliphatic carbocycles. The maximum absolute atomic E-state index is 13.5. The van der Waals surface area contributed by atoms with Gasteiger partial charge in [-0.1, -0.05) is 11.8 Å². The lowest BCUT2D eigenvalue weighted by molar-refractivity contribution is 0.0990. The van der Waals surface area contributed by atoms with Crippen molar-refractivity contribution in [1.82, 2.24) is 20.2 Å². The van der Waals surface area contributed by atoms with Gasteiger partial charge in [-0.2, -0.15) is 0 Å². The first-order chi connectivity index (χ1) is 8.99. The first-order valence-electron chi connectivity index (χ1n) is 5.37. The molecule has 1 aromatic heterocycles. The average Bonchev–Trinajstić information content (AvgIpc) is 2.74. The normalized spacial score (nSPS) is 12.4. The van der Waals surface area contributed by atoms with Crippen LogP contribution in [0.1, 0.15) is 17.3 Å². The molecule has 1 atom stereocenters. The summed E-state index contributed by atoms with van der Waals surface area (Å²) in [5.74, 6) is -2.02. The monoisotopic (exact) mass is 284 g/mol. The van der Waals surface area contributed by atoms with E-state index in [1.54, 1.807) is 14.0 Å². The summed E-state index contributed by atoms with van der Waals surface area (Å²) < 4.78 is 27.7. The molecule has 0 saturated heterocycles. The van der Waals surface area contributed by atoms with Crippen LogP contribution in [0.5, 0.6) is 0 Å². The van der Waals surface area contributed by atoms with E-state index in [9.17, 15) is 13.6 Å². The zero-order valence-corrected chi connectivity index (χ0v) is 11.0. The van der Waals surface area contributed by atoms with Crippen LogP contribution >= 0.6 is 11.8 Å². The maximum Gasteiger partial charge on any atom is 0.209 e. The SMILES string of the molecule is CC(Sc1nnnn1C)C(=O)c1ccc(F)cc1F. The molecule has 1 heterocycles. The lowest BCUT2D eigenvalue weighted by Gasteiger charge is -2.09. The molecule has 2 aromatic rings. The van der Waals surface area contributed by atoms with Crippen LogP contribution in [0, 0.1) is 11.6 Å². The summed E-state index contributed by atoms with van der Waals surface area (Å²) in [5.41, 5.74) is -0.142. The summed E-state index contributed by atoms with van der Waals surface area (Å²) in [6, 6.07) is 2.88. The highest BCUT2D eigenvalue weighted by atomic mass is 32.2. The van der Waals surface area contributed by atoms with Crippen molar-refractivity contribution >= 4 is 17.5 Å². The summed E-state index contributed by atoms with van der Waals surface area (Å²) in [5, 5.41) is 10.7. The Hall–Kier alpha value is -1.83. The van der Waals surface area contributed by atoms with E-state index >= 15 is 0 Å². The standard InChI is InChI=1S/C11H10F2N4OS/c1-6(19-11-14-15-16-17(11)2)10(18)8-4-3-7(12)5-9(8)13/h3-6H,1-2H3. The van der Waals surface area contributed by atoms with Gasteiger partial charge in [-0.3, -0.25) is 4.79 Å². The lowest BCUT2D eigenvalue weighted by atomic mass is 10.1. The largest absolute Gasteiger partial charge is 0.293 e. The molecule has 8 heteroatoms. The van der Waals surface area contributed by atoms with Crippen LogP contribution in [-0.4, -0.2) is 31.2 Å². The summed E-state index contributed by atoms with van der Waals surface area (Å²) in [6.45, 7) is 1.62. The van der Waals surface area contributed by atoms with Crippen molar-refractivity contribution in [2.24, 2.45) is 7.05 Å². The predicted molar refractivity (Wildman–Crippen MR) is 64.8 cm³/mol. The molecule has 0 fully saturated rings. The van der Waals surface area contributed by atoms with E-state index in [2.05, 4.69) is 15.5 Å². The molecule has 1 aromatic carbocycles. The average molecular weight is 284 g/mol. The number of aromatic nitrogens is 4. The Morgan fingerprint density at radius 3 is 2.74 bits per heavy atom. The van der Waals surface area contributed by atoms with Crippen molar-refractivity contribution in [3.63, 3.8) is 0 Å². The van der Waals surface area contributed by atoms with Crippen LogP contribution in [-0.2, 0) is 7.05 Å². The van der Waals surface area contributed by atoms with Crippen LogP contribution in [0.25, 0.3) is 0 Å². The molecule has 0 amide bonds. The number of rotatable bonds is 4. The molecule has 5 nitrogen and oxygen atoms in total. The van der Waals surface area contributed by atoms with Crippen LogP contribution in [0.15, 0.2) is 23.4 Å². The van der Waals surface area contributed by atoms with Crippen LogP contribution in [0.4, 0.5) is 8.78 Å². The second-order valence-electron chi connectivity index (χ2n) is 3.83. The smallest absolute Gasteiger partial charge is 0.209 e. The van der Waals surface area contributed by atoms with Gasteiger partial charge in [-0.05, 0) is 29.5 Å². The Morgan fingerprint density at radius 1 is 1.42 bits per heavy atom. The topological polar surface area (TPSA) is 60.7 Å². The number of Topliss-reactive ketones (excluding diaryl/α,β-unsaturated/α-hetero) is 1. The van der Waals surface area contributed by atoms with Crippen LogP contribution in [0.3, 0.4) is 0 Å². The fourth-order valence-electron chi connectivity index (χ4n) is 1.44. The highest BCUT2D eigenvalue weighted by Crippen LogP contribution is 2.23. The molecule has 0 radical (unpaired) electrons. The molecular formula is C11H10F2N4OS. The zero-order chi connectivity index (χ0) is 14.0. The van der Waals surface area contributed by atoms with Gasteiger partial charge in [0, 0.05) is 13.1 Å². The van der Waals surface area contributed by atoms with E-state index in [-0.39, 0.29) is 5.56 Å². The molecule has 19 heavy (non-hydrogen) atoms.